The van der Waals surface area contributed by atoms with Gasteiger partial charge in [-0.15, -0.1) is 0 Å². The fourth-order valence-electron chi connectivity index (χ4n) is 2.76. The molecule has 26 heavy (non-hydrogen) atoms. The lowest BCUT2D eigenvalue weighted by Crippen LogP contribution is -2.16. The van der Waals surface area contributed by atoms with Crippen LogP contribution in [-0.2, 0) is 6.54 Å². The van der Waals surface area contributed by atoms with Crippen LogP contribution in [0.1, 0.15) is 32.7 Å². The SMILES string of the molecule is Cc1ccccc1CNc1cc(C(=O)Nc2c(C)cccc2C)ncn1. The molecule has 0 spiro atoms. The number of hydrogen-bond acceptors (Lipinski definition) is 4. The lowest BCUT2D eigenvalue weighted by molar-refractivity contribution is 0.102. The van der Waals surface area contributed by atoms with E-state index in [1.54, 1.807) is 6.07 Å². The van der Waals surface area contributed by atoms with Crippen molar-refractivity contribution < 1.29 is 4.79 Å². The summed E-state index contributed by atoms with van der Waals surface area (Å²) >= 11 is 0. The number of anilines is 2. The maximum Gasteiger partial charge on any atom is 0.274 e. The Kier molecular flexibility index (Phi) is 5.27. The van der Waals surface area contributed by atoms with Crippen molar-refractivity contribution in [1.82, 2.24) is 9.97 Å². The molecule has 5 nitrogen and oxygen atoms in total. The van der Waals surface area contributed by atoms with E-state index in [9.17, 15) is 4.79 Å². The molecule has 1 heterocycles. The highest BCUT2D eigenvalue weighted by molar-refractivity contribution is 6.04. The summed E-state index contributed by atoms with van der Waals surface area (Å²) < 4.78 is 0. The summed E-state index contributed by atoms with van der Waals surface area (Å²) in [7, 11) is 0. The zero-order chi connectivity index (χ0) is 18.5. The van der Waals surface area contributed by atoms with Crippen LogP contribution in [0.5, 0.6) is 0 Å². The Labute approximate surface area is 153 Å². The van der Waals surface area contributed by atoms with Crippen LogP contribution >= 0.6 is 0 Å². The van der Waals surface area contributed by atoms with Gasteiger partial charge in [-0.1, -0.05) is 42.5 Å². The van der Waals surface area contributed by atoms with Crippen molar-refractivity contribution in [2.24, 2.45) is 0 Å². The molecule has 1 amide bonds. The van der Waals surface area contributed by atoms with Gasteiger partial charge >= 0.3 is 0 Å². The number of benzene rings is 2. The highest BCUT2D eigenvalue weighted by Gasteiger charge is 2.12. The topological polar surface area (TPSA) is 66.9 Å². The first-order valence-electron chi connectivity index (χ1n) is 8.52. The van der Waals surface area contributed by atoms with Gasteiger partial charge in [0.15, 0.2) is 0 Å². The van der Waals surface area contributed by atoms with Crippen molar-refractivity contribution in [2.75, 3.05) is 10.6 Å². The number of amides is 1. The first-order valence-corrected chi connectivity index (χ1v) is 8.52. The minimum atomic E-state index is -0.247. The molecule has 3 rings (SSSR count). The second-order valence-corrected chi connectivity index (χ2v) is 6.29. The van der Waals surface area contributed by atoms with Crippen LogP contribution in [0.3, 0.4) is 0 Å². The third-order valence-corrected chi connectivity index (χ3v) is 4.34. The van der Waals surface area contributed by atoms with Crippen molar-refractivity contribution in [3.8, 4) is 0 Å². The van der Waals surface area contributed by atoms with E-state index in [1.165, 1.54) is 17.5 Å². The van der Waals surface area contributed by atoms with E-state index < -0.39 is 0 Å². The van der Waals surface area contributed by atoms with Crippen molar-refractivity contribution >= 4 is 17.4 Å². The number of nitrogens with zero attached hydrogens (tertiary/aromatic N) is 2. The molecule has 0 aliphatic carbocycles. The van der Waals surface area contributed by atoms with Crippen LogP contribution in [0, 0.1) is 20.8 Å². The standard InChI is InChI=1S/C21H22N4O/c1-14-7-4-5-10-17(14)12-22-19-11-18(23-13-24-19)21(26)25-20-15(2)8-6-9-16(20)3/h4-11,13H,12H2,1-3H3,(H,25,26)(H,22,23,24). The number of aromatic nitrogens is 2. The van der Waals surface area contributed by atoms with Gasteiger partial charge in [-0.2, -0.15) is 0 Å². The molecule has 0 bridgehead atoms. The van der Waals surface area contributed by atoms with E-state index in [2.05, 4.69) is 39.7 Å². The summed E-state index contributed by atoms with van der Waals surface area (Å²) in [5.41, 5.74) is 5.59. The van der Waals surface area contributed by atoms with Crippen molar-refractivity contribution in [3.63, 3.8) is 0 Å². The van der Waals surface area contributed by atoms with Crippen LogP contribution in [0.4, 0.5) is 11.5 Å². The Hall–Kier alpha value is -3.21. The number of hydrogen-bond donors (Lipinski definition) is 2. The highest BCUT2D eigenvalue weighted by atomic mass is 16.1. The van der Waals surface area contributed by atoms with E-state index >= 15 is 0 Å². The van der Waals surface area contributed by atoms with Crippen molar-refractivity contribution in [1.29, 1.82) is 0 Å². The third kappa shape index (κ3) is 4.06. The molecule has 0 atom stereocenters. The summed E-state index contributed by atoms with van der Waals surface area (Å²) in [5.74, 6) is 0.374. The number of aryl methyl sites for hydroxylation is 3. The lowest BCUT2D eigenvalue weighted by atomic mass is 10.1. The molecule has 2 N–H and O–H groups in total. The number of rotatable bonds is 5. The molecule has 3 aromatic rings. The summed E-state index contributed by atoms with van der Waals surface area (Å²) in [4.78, 5) is 20.9. The molecule has 0 saturated heterocycles. The molecule has 132 valence electrons. The van der Waals surface area contributed by atoms with Gasteiger partial charge in [0.1, 0.15) is 17.8 Å². The second-order valence-electron chi connectivity index (χ2n) is 6.29. The molecule has 0 aliphatic rings. The maximum absolute atomic E-state index is 12.6. The third-order valence-electron chi connectivity index (χ3n) is 4.34. The van der Waals surface area contributed by atoms with E-state index in [0.717, 1.165) is 16.8 Å². The monoisotopic (exact) mass is 346 g/mol. The predicted molar refractivity (Wildman–Crippen MR) is 104 cm³/mol. The molecule has 0 aliphatic heterocycles. The smallest absolute Gasteiger partial charge is 0.274 e. The normalized spacial score (nSPS) is 10.4. The summed E-state index contributed by atoms with van der Waals surface area (Å²) in [6.07, 6.45) is 1.40. The largest absolute Gasteiger partial charge is 0.366 e. The molecule has 2 aromatic carbocycles. The van der Waals surface area contributed by atoms with Gasteiger partial charge in [0.05, 0.1) is 0 Å². The Bertz CT molecular complexity index is 917. The van der Waals surface area contributed by atoms with Crippen molar-refractivity contribution in [2.45, 2.75) is 27.3 Å². The molecule has 0 fully saturated rings. The molecule has 0 saturated carbocycles. The van der Waals surface area contributed by atoms with Crippen LogP contribution in [0.25, 0.3) is 0 Å². The lowest BCUT2D eigenvalue weighted by Gasteiger charge is -2.12. The molecular formula is C21H22N4O. The van der Waals surface area contributed by atoms with Gasteiger partial charge in [-0.25, -0.2) is 9.97 Å². The van der Waals surface area contributed by atoms with Crippen LogP contribution in [-0.4, -0.2) is 15.9 Å². The van der Waals surface area contributed by atoms with Crippen LogP contribution in [0.15, 0.2) is 54.9 Å². The Morgan fingerprint density at radius 1 is 0.923 bits per heavy atom. The summed E-state index contributed by atoms with van der Waals surface area (Å²) in [6.45, 7) is 6.65. The van der Waals surface area contributed by atoms with Gasteiger partial charge in [-0.3, -0.25) is 4.79 Å². The van der Waals surface area contributed by atoms with Crippen LogP contribution < -0.4 is 10.6 Å². The quantitative estimate of drug-likeness (QED) is 0.724. The Morgan fingerprint density at radius 2 is 1.62 bits per heavy atom. The van der Waals surface area contributed by atoms with E-state index in [1.807, 2.05) is 44.2 Å². The van der Waals surface area contributed by atoms with E-state index in [-0.39, 0.29) is 5.91 Å². The average molecular weight is 346 g/mol. The zero-order valence-corrected chi connectivity index (χ0v) is 15.2. The number of nitrogens with one attached hydrogen (secondary N) is 2. The van der Waals surface area contributed by atoms with Gasteiger partial charge in [0, 0.05) is 18.3 Å². The van der Waals surface area contributed by atoms with Gasteiger partial charge in [0.2, 0.25) is 0 Å². The summed E-state index contributed by atoms with van der Waals surface area (Å²) in [5, 5.41) is 6.20. The first kappa shape index (κ1) is 17.6. The Balaban J connectivity index is 1.72. The van der Waals surface area contributed by atoms with Crippen LogP contribution in [0.2, 0.25) is 0 Å². The van der Waals surface area contributed by atoms with Gasteiger partial charge in [0.25, 0.3) is 5.91 Å². The molecule has 1 aromatic heterocycles. The molecular weight excluding hydrogens is 324 g/mol. The molecule has 0 unspecified atom stereocenters. The number of para-hydroxylation sites is 1. The first-order chi connectivity index (χ1) is 12.5. The minimum Gasteiger partial charge on any atom is -0.366 e. The number of carbonyl (C=O) groups is 1. The minimum absolute atomic E-state index is 0.247. The fourth-order valence-corrected chi connectivity index (χ4v) is 2.76. The zero-order valence-electron chi connectivity index (χ0n) is 15.2. The molecule has 5 heteroatoms. The van der Waals surface area contributed by atoms with Crippen molar-refractivity contribution in [3.05, 3.63) is 82.8 Å². The maximum atomic E-state index is 12.6. The molecule has 0 radical (unpaired) electrons. The van der Waals surface area contributed by atoms with E-state index in [4.69, 9.17) is 0 Å². The fraction of sp³-hybridized carbons (Fsp3) is 0.190. The number of carbonyl (C=O) groups excluding carboxylic acids is 1. The Morgan fingerprint density at radius 3 is 2.35 bits per heavy atom. The highest BCUT2D eigenvalue weighted by Crippen LogP contribution is 2.20. The van der Waals surface area contributed by atoms with E-state index in [0.29, 0.717) is 18.1 Å². The van der Waals surface area contributed by atoms with Gasteiger partial charge < -0.3 is 10.6 Å². The average Bonchev–Trinajstić information content (AvgIpc) is 2.64. The van der Waals surface area contributed by atoms with Gasteiger partial charge in [-0.05, 0) is 43.0 Å². The predicted octanol–water partition coefficient (Wildman–Crippen LogP) is 4.27. The second kappa shape index (κ2) is 7.78. The summed E-state index contributed by atoms with van der Waals surface area (Å²) in [6, 6.07) is 15.7.